The molecule has 4 rings (SSSR count). The van der Waals surface area contributed by atoms with Gasteiger partial charge in [0.05, 0.1) is 11.2 Å². The first-order valence-electron chi connectivity index (χ1n) is 8.15. The second-order valence-electron chi connectivity index (χ2n) is 6.17. The number of nitrogens with zero attached hydrogens (tertiary/aromatic N) is 4. The standard InChI is InChI=1S/C18H18ClN5/c19-14-8-10-15(11-9-14)20-18(12-4-5-13-18)17-21-22-23-24(17)16-6-2-1-3-7-16/h1-3,6-11,20H,4-5,12-13H2. The maximum Gasteiger partial charge on any atom is 0.181 e. The van der Waals surface area contributed by atoms with Crippen LogP contribution in [0.5, 0.6) is 0 Å². The molecule has 0 bridgehead atoms. The molecule has 0 unspecified atom stereocenters. The average Bonchev–Trinajstić information content (AvgIpc) is 3.28. The minimum Gasteiger partial charge on any atom is -0.373 e. The van der Waals surface area contributed by atoms with Gasteiger partial charge in [-0.3, -0.25) is 0 Å². The van der Waals surface area contributed by atoms with E-state index in [9.17, 15) is 0 Å². The first kappa shape index (κ1) is 15.1. The van der Waals surface area contributed by atoms with Gasteiger partial charge in [0.2, 0.25) is 0 Å². The summed E-state index contributed by atoms with van der Waals surface area (Å²) in [5.74, 6) is 0.862. The lowest BCUT2D eigenvalue weighted by Gasteiger charge is -2.30. The molecular formula is C18H18ClN5. The first-order chi connectivity index (χ1) is 11.8. The monoisotopic (exact) mass is 339 g/mol. The minimum absolute atomic E-state index is 0.257. The molecule has 1 saturated carbocycles. The molecule has 0 amide bonds. The number of anilines is 1. The summed E-state index contributed by atoms with van der Waals surface area (Å²) in [5.41, 5.74) is 1.75. The van der Waals surface area contributed by atoms with Crippen molar-refractivity contribution in [1.29, 1.82) is 0 Å². The van der Waals surface area contributed by atoms with E-state index in [0.29, 0.717) is 0 Å². The van der Waals surface area contributed by atoms with E-state index >= 15 is 0 Å². The van der Waals surface area contributed by atoms with E-state index in [4.69, 9.17) is 11.6 Å². The normalized spacial score (nSPS) is 16.2. The second-order valence-corrected chi connectivity index (χ2v) is 6.61. The number of hydrogen-bond donors (Lipinski definition) is 1. The molecule has 0 aliphatic heterocycles. The van der Waals surface area contributed by atoms with Crippen molar-refractivity contribution in [2.45, 2.75) is 31.2 Å². The smallest absolute Gasteiger partial charge is 0.181 e. The SMILES string of the molecule is Clc1ccc(NC2(c3nnnn3-c3ccccc3)CCCC2)cc1. The summed E-state index contributed by atoms with van der Waals surface area (Å²) in [5, 5.41) is 16.9. The Morgan fingerprint density at radius 3 is 2.38 bits per heavy atom. The Bertz CT molecular complexity index is 807. The predicted molar refractivity (Wildman–Crippen MR) is 94.4 cm³/mol. The van der Waals surface area contributed by atoms with E-state index < -0.39 is 0 Å². The number of hydrogen-bond acceptors (Lipinski definition) is 4. The zero-order valence-corrected chi connectivity index (χ0v) is 13.9. The van der Waals surface area contributed by atoms with E-state index in [1.54, 1.807) is 0 Å². The first-order valence-corrected chi connectivity index (χ1v) is 8.53. The van der Waals surface area contributed by atoms with Crippen LogP contribution in [0.25, 0.3) is 5.69 Å². The van der Waals surface area contributed by atoms with E-state index in [-0.39, 0.29) is 5.54 Å². The molecule has 1 aromatic heterocycles. The molecule has 2 aromatic carbocycles. The van der Waals surface area contributed by atoms with Crippen molar-refractivity contribution in [1.82, 2.24) is 20.2 Å². The molecule has 3 aromatic rings. The van der Waals surface area contributed by atoms with Gasteiger partial charge in [-0.1, -0.05) is 42.6 Å². The lowest BCUT2D eigenvalue weighted by Crippen LogP contribution is -2.35. The van der Waals surface area contributed by atoms with Crippen molar-refractivity contribution in [2.24, 2.45) is 0 Å². The fourth-order valence-corrected chi connectivity index (χ4v) is 3.55. The highest BCUT2D eigenvalue weighted by Gasteiger charge is 2.40. The fourth-order valence-electron chi connectivity index (χ4n) is 3.42. The van der Waals surface area contributed by atoms with Gasteiger partial charge in [0.15, 0.2) is 5.82 Å². The van der Waals surface area contributed by atoms with Crippen molar-refractivity contribution >= 4 is 17.3 Å². The highest BCUT2D eigenvalue weighted by atomic mass is 35.5. The van der Waals surface area contributed by atoms with E-state index in [2.05, 4.69) is 20.8 Å². The van der Waals surface area contributed by atoms with E-state index in [0.717, 1.165) is 47.9 Å². The molecule has 1 aliphatic rings. The summed E-state index contributed by atoms with van der Waals surface area (Å²) in [6, 6.07) is 17.8. The highest BCUT2D eigenvalue weighted by molar-refractivity contribution is 6.30. The molecule has 0 radical (unpaired) electrons. The summed E-state index contributed by atoms with van der Waals surface area (Å²) in [7, 11) is 0. The summed E-state index contributed by atoms with van der Waals surface area (Å²) in [4.78, 5) is 0. The molecule has 6 heteroatoms. The lowest BCUT2D eigenvalue weighted by atomic mass is 9.95. The summed E-state index contributed by atoms with van der Waals surface area (Å²) in [6.07, 6.45) is 4.32. The molecule has 1 aliphatic carbocycles. The van der Waals surface area contributed by atoms with Crippen LogP contribution in [0.15, 0.2) is 54.6 Å². The van der Waals surface area contributed by atoms with Gasteiger partial charge in [-0.05, 0) is 59.7 Å². The predicted octanol–water partition coefficient (Wildman–Crippen LogP) is 4.20. The van der Waals surface area contributed by atoms with Crippen LogP contribution in [0.1, 0.15) is 31.5 Å². The molecule has 1 fully saturated rings. The van der Waals surface area contributed by atoms with Crippen LogP contribution in [-0.4, -0.2) is 20.2 Å². The summed E-state index contributed by atoms with van der Waals surface area (Å²) >= 11 is 6.00. The Morgan fingerprint density at radius 2 is 1.67 bits per heavy atom. The second kappa shape index (κ2) is 6.24. The third-order valence-electron chi connectivity index (χ3n) is 4.58. The van der Waals surface area contributed by atoms with Gasteiger partial charge < -0.3 is 5.32 Å². The van der Waals surface area contributed by atoms with Crippen LogP contribution in [0.4, 0.5) is 5.69 Å². The lowest BCUT2D eigenvalue weighted by molar-refractivity contribution is 0.461. The van der Waals surface area contributed by atoms with Gasteiger partial charge in [-0.15, -0.1) is 5.10 Å². The topological polar surface area (TPSA) is 55.6 Å². The average molecular weight is 340 g/mol. The van der Waals surface area contributed by atoms with Gasteiger partial charge in [-0.2, -0.15) is 4.68 Å². The van der Waals surface area contributed by atoms with E-state index in [1.165, 1.54) is 0 Å². The number of benzene rings is 2. The Morgan fingerprint density at radius 1 is 0.958 bits per heavy atom. The van der Waals surface area contributed by atoms with Crippen molar-refractivity contribution in [3.05, 3.63) is 65.4 Å². The van der Waals surface area contributed by atoms with Gasteiger partial charge in [-0.25, -0.2) is 0 Å². The fraction of sp³-hybridized carbons (Fsp3) is 0.278. The Kier molecular flexibility index (Phi) is 3.94. The van der Waals surface area contributed by atoms with Crippen LogP contribution in [-0.2, 0) is 5.54 Å². The number of aromatic nitrogens is 4. The minimum atomic E-state index is -0.257. The molecule has 1 heterocycles. The third-order valence-corrected chi connectivity index (χ3v) is 4.84. The van der Waals surface area contributed by atoms with Crippen molar-refractivity contribution in [2.75, 3.05) is 5.32 Å². The van der Waals surface area contributed by atoms with Crippen molar-refractivity contribution < 1.29 is 0 Å². The quantitative estimate of drug-likeness (QED) is 0.774. The van der Waals surface area contributed by atoms with Crippen LogP contribution in [0.3, 0.4) is 0 Å². The highest BCUT2D eigenvalue weighted by Crippen LogP contribution is 2.41. The third kappa shape index (κ3) is 2.76. The molecule has 24 heavy (non-hydrogen) atoms. The molecule has 5 nitrogen and oxygen atoms in total. The number of nitrogens with one attached hydrogen (secondary N) is 1. The van der Waals surface area contributed by atoms with Gasteiger partial charge in [0, 0.05) is 10.7 Å². The molecule has 0 saturated heterocycles. The van der Waals surface area contributed by atoms with Gasteiger partial charge >= 0.3 is 0 Å². The molecule has 0 atom stereocenters. The Balaban J connectivity index is 1.74. The molecule has 1 N–H and O–H groups in total. The van der Waals surface area contributed by atoms with Gasteiger partial charge in [0.1, 0.15) is 0 Å². The van der Waals surface area contributed by atoms with Crippen LogP contribution in [0.2, 0.25) is 5.02 Å². The van der Waals surface area contributed by atoms with Crippen LogP contribution in [0, 0.1) is 0 Å². The van der Waals surface area contributed by atoms with Crippen molar-refractivity contribution in [3.8, 4) is 5.69 Å². The van der Waals surface area contributed by atoms with Gasteiger partial charge in [0.25, 0.3) is 0 Å². The zero-order valence-electron chi connectivity index (χ0n) is 13.2. The molecule has 122 valence electrons. The number of para-hydroxylation sites is 1. The number of rotatable bonds is 4. The maximum absolute atomic E-state index is 6.00. The summed E-state index contributed by atoms with van der Waals surface area (Å²) in [6.45, 7) is 0. The zero-order chi connectivity index (χ0) is 16.4. The van der Waals surface area contributed by atoms with E-state index in [1.807, 2.05) is 59.3 Å². The Labute approximate surface area is 145 Å². The maximum atomic E-state index is 6.00. The molecular weight excluding hydrogens is 322 g/mol. The van der Waals surface area contributed by atoms with Crippen LogP contribution < -0.4 is 5.32 Å². The van der Waals surface area contributed by atoms with Crippen molar-refractivity contribution in [3.63, 3.8) is 0 Å². The Hall–Kier alpha value is -2.40. The largest absolute Gasteiger partial charge is 0.373 e. The molecule has 0 spiro atoms. The van der Waals surface area contributed by atoms with Crippen LogP contribution >= 0.6 is 11.6 Å². The number of halogens is 1. The summed E-state index contributed by atoms with van der Waals surface area (Å²) < 4.78 is 1.84. The number of tetrazole rings is 1.